The van der Waals surface area contributed by atoms with Crippen molar-refractivity contribution in [2.45, 2.75) is 25.5 Å². The van der Waals surface area contributed by atoms with E-state index in [1.165, 1.54) is 6.26 Å². The molecule has 1 aromatic carbocycles. The molecule has 1 N–H and O–H groups in total. The Morgan fingerprint density at radius 1 is 1.19 bits per heavy atom. The van der Waals surface area contributed by atoms with Gasteiger partial charge in [-0.05, 0) is 49.2 Å². The molecule has 26 heavy (non-hydrogen) atoms. The molecule has 1 atom stereocenters. The maximum atomic E-state index is 12.0. The standard InChI is InChI=1S/C19H21NO6/c21-18(20-11-16-3-1-9-23-16)13-26-19(22)14-5-7-15(8-6-14)25-12-17-4-2-10-24-17/h1,3,5-9,17H,2,4,10-13H2,(H,20,21)/t17-/m0/s1. The molecule has 0 bridgehead atoms. The predicted molar refractivity (Wildman–Crippen MR) is 91.7 cm³/mol. The molecule has 0 spiro atoms. The van der Waals surface area contributed by atoms with E-state index in [4.69, 9.17) is 18.6 Å². The zero-order valence-corrected chi connectivity index (χ0v) is 14.3. The van der Waals surface area contributed by atoms with Gasteiger partial charge in [0, 0.05) is 6.61 Å². The SMILES string of the molecule is O=C(COC(=O)c1ccc(OC[C@@H]2CCCO2)cc1)NCc1ccco1. The molecule has 138 valence electrons. The third-order valence-electron chi connectivity index (χ3n) is 3.92. The fourth-order valence-electron chi connectivity index (χ4n) is 2.52. The molecule has 1 aliphatic rings. The number of amides is 1. The fraction of sp³-hybridized carbons (Fsp3) is 0.368. The van der Waals surface area contributed by atoms with Gasteiger partial charge in [0.15, 0.2) is 6.61 Å². The second kappa shape index (κ2) is 9.05. The van der Waals surface area contributed by atoms with Crippen LogP contribution in [0.4, 0.5) is 0 Å². The van der Waals surface area contributed by atoms with Crippen molar-refractivity contribution in [1.29, 1.82) is 0 Å². The Morgan fingerprint density at radius 3 is 2.73 bits per heavy atom. The van der Waals surface area contributed by atoms with Gasteiger partial charge in [-0.2, -0.15) is 0 Å². The van der Waals surface area contributed by atoms with Gasteiger partial charge >= 0.3 is 5.97 Å². The first-order valence-corrected chi connectivity index (χ1v) is 8.51. The van der Waals surface area contributed by atoms with Crippen LogP contribution in [0.1, 0.15) is 29.0 Å². The van der Waals surface area contributed by atoms with Gasteiger partial charge in [0.05, 0.1) is 24.5 Å². The Kier molecular flexibility index (Phi) is 6.27. The third-order valence-corrected chi connectivity index (χ3v) is 3.92. The van der Waals surface area contributed by atoms with Crippen LogP contribution in [0.2, 0.25) is 0 Å². The van der Waals surface area contributed by atoms with E-state index < -0.39 is 11.9 Å². The predicted octanol–water partition coefficient (Wildman–Crippen LogP) is 2.31. The van der Waals surface area contributed by atoms with E-state index in [1.54, 1.807) is 36.4 Å². The van der Waals surface area contributed by atoms with Crippen LogP contribution >= 0.6 is 0 Å². The lowest BCUT2D eigenvalue weighted by atomic mass is 10.2. The third kappa shape index (κ3) is 5.35. The molecule has 3 rings (SSSR count). The maximum Gasteiger partial charge on any atom is 0.338 e. The van der Waals surface area contributed by atoms with E-state index in [-0.39, 0.29) is 19.3 Å². The number of rotatable bonds is 8. The van der Waals surface area contributed by atoms with Crippen molar-refractivity contribution in [3.05, 3.63) is 54.0 Å². The van der Waals surface area contributed by atoms with E-state index in [1.807, 2.05) is 0 Å². The number of hydrogen-bond acceptors (Lipinski definition) is 6. The van der Waals surface area contributed by atoms with Gasteiger partial charge in [-0.1, -0.05) is 0 Å². The molecule has 2 aromatic rings. The highest BCUT2D eigenvalue weighted by atomic mass is 16.5. The molecule has 1 aliphatic heterocycles. The Balaban J connectivity index is 1.38. The maximum absolute atomic E-state index is 12.0. The monoisotopic (exact) mass is 359 g/mol. The largest absolute Gasteiger partial charge is 0.491 e. The van der Waals surface area contributed by atoms with Gasteiger partial charge in [-0.3, -0.25) is 4.79 Å². The number of ether oxygens (including phenoxy) is 3. The Morgan fingerprint density at radius 2 is 2.04 bits per heavy atom. The first kappa shape index (κ1) is 18.0. The molecular weight excluding hydrogens is 338 g/mol. The van der Waals surface area contributed by atoms with Crippen LogP contribution in [0.3, 0.4) is 0 Å². The molecular formula is C19H21NO6. The van der Waals surface area contributed by atoms with E-state index >= 15 is 0 Å². The number of carbonyl (C=O) groups is 2. The Hall–Kier alpha value is -2.80. The van der Waals surface area contributed by atoms with Gasteiger partial charge in [-0.25, -0.2) is 4.79 Å². The highest BCUT2D eigenvalue weighted by molar-refractivity contribution is 5.91. The van der Waals surface area contributed by atoms with Crippen LogP contribution in [0, 0.1) is 0 Å². The first-order chi connectivity index (χ1) is 12.7. The van der Waals surface area contributed by atoms with E-state index in [0.717, 1.165) is 19.4 Å². The molecule has 2 heterocycles. The summed E-state index contributed by atoms with van der Waals surface area (Å²) in [4.78, 5) is 23.7. The molecule has 7 nitrogen and oxygen atoms in total. The molecule has 0 aliphatic carbocycles. The zero-order valence-electron chi connectivity index (χ0n) is 14.3. The average Bonchev–Trinajstić information content (AvgIpc) is 3.37. The summed E-state index contributed by atoms with van der Waals surface area (Å²) in [5, 5.41) is 2.60. The molecule has 1 aromatic heterocycles. The van der Waals surface area contributed by atoms with Crippen LogP contribution in [0.5, 0.6) is 5.75 Å². The molecule has 1 fully saturated rings. The summed E-state index contributed by atoms with van der Waals surface area (Å²) in [6, 6.07) is 10.1. The van der Waals surface area contributed by atoms with Crippen molar-refractivity contribution in [2.75, 3.05) is 19.8 Å². The average molecular weight is 359 g/mol. The second-order valence-electron chi connectivity index (χ2n) is 5.90. The number of benzene rings is 1. The van der Waals surface area contributed by atoms with Crippen LogP contribution in [-0.4, -0.2) is 37.8 Å². The van der Waals surface area contributed by atoms with Crippen molar-refractivity contribution in [3.8, 4) is 5.75 Å². The first-order valence-electron chi connectivity index (χ1n) is 8.51. The van der Waals surface area contributed by atoms with Crippen LogP contribution in [0.15, 0.2) is 47.1 Å². The van der Waals surface area contributed by atoms with Gasteiger partial charge in [0.2, 0.25) is 0 Å². The van der Waals surface area contributed by atoms with Crippen LogP contribution in [-0.2, 0) is 20.8 Å². The topological polar surface area (TPSA) is 87.0 Å². The summed E-state index contributed by atoms with van der Waals surface area (Å²) in [5.41, 5.74) is 0.355. The number of hydrogen-bond donors (Lipinski definition) is 1. The molecule has 0 saturated carbocycles. The van der Waals surface area contributed by atoms with Gasteiger partial charge in [0.25, 0.3) is 5.91 Å². The zero-order chi connectivity index (χ0) is 18.2. The number of carbonyl (C=O) groups excluding carboxylic acids is 2. The van der Waals surface area contributed by atoms with Crippen molar-refractivity contribution in [2.24, 2.45) is 0 Å². The number of esters is 1. The lowest BCUT2D eigenvalue weighted by molar-refractivity contribution is -0.124. The lowest BCUT2D eigenvalue weighted by Crippen LogP contribution is -2.28. The van der Waals surface area contributed by atoms with Crippen LogP contribution < -0.4 is 10.1 Å². The fourth-order valence-corrected chi connectivity index (χ4v) is 2.52. The smallest absolute Gasteiger partial charge is 0.338 e. The summed E-state index contributed by atoms with van der Waals surface area (Å²) in [6.07, 6.45) is 3.73. The molecule has 1 amide bonds. The van der Waals surface area contributed by atoms with Crippen molar-refractivity contribution >= 4 is 11.9 Å². The van der Waals surface area contributed by atoms with Crippen LogP contribution in [0.25, 0.3) is 0 Å². The number of furan rings is 1. The minimum absolute atomic E-state index is 0.138. The summed E-state index contributed by atoms with van der Waals surface area (Å²) in [5.74, 6) is 0.326. The molecule has 7 heteroatoms. The highest BCUT2D eigenvalue weighted by Crippen LogP contribution is 2.17. The molecule has 0 unspecified atom stereocenters. The Labute approximate surface area is 151 Å². The van der Waals surface area contributed by atoms with Crippen molar-refractivity contribution in [1.82, 2.24) is 5.32 Å². The van der Waals surface area contributed by atoms with Gasteiger partial charge < -0.3 is 23.9 Å². The van der Waals surface area contributed by atoms with E-state index in [2.05, 4.69) is 5.32 Å². The second-order valence-corrected chi connectivity index (χ2v) is 5.90. The van der Waals surface area contributed by atoms with Gasteiger partial charge in [-0.15, -0.1) is 0 Å². The normalized spacial score (nSPS) is 16.2. The quantitative estimate of drug-likeness (QED) is 0.728. The van der Waals surface area contributed by atoms with Gasteiger partial charge in [0.1, 0.15) is 18.1 Å². The van der Waals surface area contributed by atoms with E-state index in [0.29, 0.717) is 23.7 Å². The lowest BCUT2D eigenvalue weighted by Gasteiger charge is -2.11. The Bertz CT molecular complexity index is 704. The minimum Gasteiger partial charge on any atom is -0.491 e. The number of nitrogens with one attached hydrogen (secondary N) is 1. The van der Waals surface area contributed by atoms with Crippen molar-refractivity contribution < 1.29 is 28.2 Å². The van der Waals surface area contributed by atoms with Crippen molar-refractivity contribution in [3.63, 3.8) is 0 Å². The summed E-state index contributed by atoms with van der Waals surface area (Å²) in [7, 11) is 0. The summed E-state index contributed by atoms with van der Waals surface area (Å²) < 4.78 is 21.2. The summed E-state index contributed by atoms with van der Waals surface area (Å²) >= 11 is 0. The highest BCUT2D eigenvalue weighted by Gasteiger charge is 2.16. The molecule has 1 saturated heterocycles. The molecule has 0 radical (unpaired) electrons. The summed E-state index contributed by atoms with van der Waals surface area (Å²) in [6.45, 7) is 1.18. The van der Waals surface area contributed by atoms with E-state index in [9.17, 15) is 9.59 Å². The minimum atomic E-state index is -0.566.